The first-order valence-corrected chi connectivity index (χ1v) is 8.10. The minimum Gasteiger partial charge on any atom is -0.358 e. The zero-order valence-electron chi connectivity index (χ0n) is 11.8. The van der Waals surface area contributed by atoms with Gasteiger partial charge in [0.15, 0.2) is 5.11 Å². The lowest BCUT2D eigenvalue weighted by molar-refractivity contribution is 0.653. The zero-order valence-corrected chi connectivity index (χ0v) is 14.9. The second kappa shape index (κ2) is 7.24. The van der Waals surface area contributed by atoms with Gasteiger partial charge in [-0.2, -0.15) is 5.10 Å². The highest BCUT2D eigenvalue weighted by molar-refractivity contribution is 9.10. The number of anilines is 1. The maximum Gasteiger partial charge on any atom is 0.171 e. The van der Waals surface area contributed by atoms with Crippen molar-refractivity contribution in [3.05, 3.63) is 45.1 Å². The van der Waals surface area contributed by atoms with Crippen molar-refractivity contribution in [2.75, 3.05) is 5.32 Å². The van der Waals surface area contributed by atoms with E-state index in [2.05, 4.69) is 38.6 Å². The fraction of sp³-hybridized carbons (Fsp3) is 0.286. The van der Waals surface area contributed by atoms with E-state index >= 15 is 0 Å². The summed E-state index contributed by atoms with van der Waals surface area (Å²) in [5.41, 5.74) is 2.91. The lowest BCUT2D eigenvalue weighted by Crippen LogP contribution is -2.28. The Hall–Kier alpha value is -1.11. The minimum absolute atomic E-state index is 0.530. The third-order valence-electron chi connectivity index (χ3n) is 2.99. The Morgan fingerprint density at radius 1 is 1.48 bits per heavy atom. The summed E-state index contributed by atoms with van der Waals surface area (Å²) in [5.74, 6) is 0. The predicted octanol–water partition coefficient (Wildman–Crippen LogP) is 4.11. The Kier molecular flexibility index (Phi) is 5.61. The number of hydrogen-bond acceptors (Lipinski definition) is 2. The molecule has 7 heteroatoms. The van der Waals surface area contributed by atoms with Crippen LogP contribution in [0.4, 0.5) is 5.69 Å². The molecule has 1 aromatic heterocycles. The van der Waals surface area contributed by atoms with Gasteiger partial charge in [0, 0.05) is 29.3 Å². The molecule has 4 nitrogen and oxygen atoms in total. The van der Waals surface area contributed by atoms with Crippen LogP contribution in [0, 0.1) is 6.92 Å². The van der Waals surface area contributed by atoms with E-state index in [9.17, 15) is 0 Å². The van der Waals surface area contributed by atoms with E-state index in [0.29, 0.717) is 16.7 Å². The number of aromatic nitrogens is 2. The van der Waals surface area contributed by atoms with E-state index in [-0.39, 0.29) is 0 Å². The quantitative estimate of drug-likeness (QED) is 0.775. The van der Waals surface area contributed by atoms with Crippen LogP contribution in [0.25, 0.3) is 0 Å². The zero-order chi connectivity index (χ0) is 15.4. The Balaban J connectivity index is 1.94. The molecule has 0 unspecified atom stereocenters. The third-order valence-corrected chi connectivity index (χ3v) is 4.04. The van der Waals surface area contributed by atoms with E-state index in [4.69, 9.17) is 23.8 Å². The van der Waals surface area contributed by atoms with Gasteiger partial charge in [-0.05, 0) is 44.3 Å². The molecule has 0 aliphatic carbocycles. The molecule has 1 aromatic carbocycles. The summed E-state index contributed by atoms with van der Waals surface area (Å²) in [6.45, 7) is 5.54. The molecule has 0 aliphatic rings. The van der Waals surface area contributed by atoms with Crippen LogP contribution in [-0.4, -0.2) is 14.9 Å². The molecular formula is C14H16BrClN4S. The molecule has 0 saturated carbocycles. The number of thiocarbonyl (C=S) groups is 1. The van der Waals surface area contributed by atoms with Gasteiger partial charge >= 0.3 is 0 Å². The third kappa shape index (κ3) is 4.43. The van der Waals surface area contributed by atoms with Crippen LogP contribution >= 0.6 is 39.7 Å². The van der Waals surface area contributed by atoms with E-state index in [0.717, 1.165) is 28.0 Å². The standard InChI is InChI=1S/C14H16BrClN4S/c1-3-20-8-10(9(2)19-20)7-17-14(21)18-13-5-4-11(15)6-12(13)16/h4-6,8H,3,7H2,1-2H3,(H2,17,18,21). The van der Waals surface area contributed by atoms with Crippen molar-refractivity contribution in [1.29, 1.82) is 0 Å². The van der Waals surface area contributed by atoms with Crippen LogP contribution in [0.2, 0.25) is 5.02 Å². The summed E-state index contributed by atoms with van der Waals surface area (Å²) in [4.78, 5) is 0. The van der Waals surface area contributed by atoms with Crippen LogP contribution in [0.15, 0.2) is 28.9 Å². The molecule has 0 bridgehead atoms. The SMILES string of the molecule is CCn1cc(CNC(=S)Nc2ccc(Br)cc2Cl)c(C)n1. The summed E-state index contributed by atoms with van der Waals surface area (Å²) in [6, 6.07) is 5.61. The van der Waals surface area contributed by atoms with Gasteiger partial charge in [0.2, 0.25) is 0 Å². The molecule has 21 heavy (non-hydrogen) atoms. The van der Waals surface area contributed by atoms with Crippen molar-refractivity contribution >= 4 is 50.5 Å². The molecule has 0 spiro atoms. The van der Waals surface area contributed by atoms with Gasteiger partial charge in [0.05, 0.1) is 16.4 Å². The fourth-order valence-corrected chi connectivity index (χ4v) is 2.73. The average Bonchev–Trinajstić information content (AvgIpc) is 2.80. The molecule has 112 valence electrons. The van der Waals surface area contributed by atoms with Crippen molar-refractivity contribution in [2.24, 2.45) is 0 Å². The molecule has 0 fully saturated rings. The maximum atomic E-state index is 6.14. The van der Waals surface area contributed by atoms with Crippen molar-refractivity contribution in [1.82, 2.24) is 15.1 Å². The fourth-order valence-electron chi connectivity index (χ4n) is 1.83. The Morgan fingerprint density at radius 3 is 2.86 bits per heavy atom. The molecule has 1 heterocycles. The first-order valence-electron chi connectivity index (χ1n) is 6.52. The summed E-state index contributed by atoms with van der Waals surface area (Å²) in [7, 11) is 0. The number of hydrogen-bond donors (Lipinski definition) is 2. The summed E-state index contributed by atoms with van der Waals surface area (Å²) < 4.78 is 2.84. The number of nitrogens with zero attached hydrogens (tertiary/aromatic N) is 2. The number of benzene rings is 1. The van der Waals surface area contributed by atoms with Crippen molar-refractivity contribution in [2.45, 2.75) is 26.9 Å². The molecule has 0 atom stereocenters. The van der Waals surface area contributed by atoms with Gasteiger partial charge in [-0.3, -0.25) is 4.68 Å². The lowest BCUT2D eigenvalue weighted by atomic mass is 10.3. The number of nitrogens with one attached hydrogen (secondary N) is 2. The largest absolute Gasteiger partial charge is 0.358 e. The van der Waals surface area contributed by atoms with Gasteiger partial charge in [-0.15, -0.1) is 0 Å². The van der Waals surface area contributed by atoms with E-state index in [1.807, 2.05) is 36.0 Å². The normalized spacial score (nSPS) is 10.5. The molecule has 0 amide bonds. The van der Waals surface area contributed by atoms with E-state index < -0.39 is 0 Å². The van der Waals surface area contributed by atoms with E-state index in [1.165, 1.54) is 0 Å². The summed E-state index contributed by atoms with van der Waals surface area (Å²) >= 11 is 14.8. The molecular weight excluding hydrogens is 372 g/mol. The maximum absolute atomic E-state index is 6.14. The van der Waals surface area contributed by atoms with Gasteiger partial charge in [-0.25, -0.2) is 0 Å². The topological polar surface area (TPSA) is 41.9 Å². The number of rotatable bonds is 4. The number of aryl methyl sites for hydroxylation is 2. The molecule has 0 saturated heterocycles. The first kappa shape index (κ1) is 16.3. The lowest BCUT2D eigenvalue weighted by Gasteiger charge is -2.11. The molecule has 2 rings (SSSR count). The molecule has 0 aliphatic heterocycles. The van der Waals surface area contributed by atoms with Gasteiger partial charge < -0.3 is 10.6 Å². The highest BCUT2D eigenvalue weighted by atomic mass is 79.9. The highest BCUT2D eigenvalue weighted by Gasteiger charge is 2.06. The first-order chi connectivity index (χ1) is 9.99. The van der Waals surface area contributed by atoms with Gasteiger partial charge in [-0.1, -0.05) is 27.5 Å². The van der Waals surface area contributed by atoms with Crippen molar-refractivity contribution in [3.8, 4) is 0 Å². The Morgan fingerprint density at radius 2 is 2.24 bits per heavy atom. The van der Waals surface area contributed by atoms with Crippen molar-refractivity contribution < 1.29 is 0 Å². The minimum atomic E-state index is 0.530. The molecule has 0 radical (unpaired) electrons. The summed E-state index contributed by atoms with van der Waals surface area (Å²) in [6.07, 6.45) is 2.03. The Bertz CT molecular complexity index is 656. The van der Waals surface area contributed by atoms with Crippen LogP contribution in [0.1, 0.15) is 18.2 Å². The second-order valence-electron chi connectivity index (χ2n) is 4.53. The monoisotopic (exact) mass is 386 g/mol. The smallest absolute Gasteiger partial charge is 0.171 e. The van der Waals surface area contributed by atoms with Gasteiger partial charge in [0.1, 0.15) is 0 Å². The highest BCUT2D eigenvalue weighted by Crippen LogP contribution is 2.25. The Labute approximate surface area is 143 Å². The summed E-state index contributed by atoms with van der Waals surface area (Å²) in [5, 5.41) is 11.8. The predicted molar refractivity (Wildman–Crippen MR) is 94.9 cm³/mol. The van der Waals surface area contributed by atoms with Crippen LogP contribution < -0.4 is 10.6 Å². The molecule has 2 N–H and O–H groups in total. The number of halogens is 2. The van der Waals surface area contributed by atoms with Crippen molar-refractivity contribution in [3.63, 3.8) is 0 Å². The average molecular weight is 388 g/mol. The molecule has 2 aromatic rings. The second-order valence-corrected chi connectivity index (χ2v) is 6.26. The van der Waals surface area contributed by atoms with Crippen LogP contribution in [0.3, 0.4) is 0 Å². The van der Waals surface area contributed by atoms with Gasteiger partial charge in [0.25, 0.3) is 0 Å². The van der Waals surface area contributed by atoms with Crippen LogP contribution in [-0.2, 0) is 13.1 Å². The van der Waals surface area contributed by atoms with Crippen LogP contribution in [0.5, 0.6) is 0 Å². The van der Waals surface area contributed by atoms with E-state index in [1.54, 1.807) is 0 Å².